The van der Waals surface area contributed by atoms with Crippen molar-refractivity contribution in [3.8, 4) is 0 Å². The van der Waals surface area contributed by atoms with Crippen LogP contribution in [0.15, 0.2) is 34.8 Å². The van der Waals surface area contributed by atoms with Crippen molar-refractivity contribution >= 4 is 11.6 Å². The maximum Gasteiger partial charge on any atom is 0.183 e. The molecule has 2 aliphatic carbocycles. The summed E-state index contributed by atoms with van der Waals surface area (Å²) in [7, 11) is 0. The van der Waals surface area contributed by atoms with Gasteiger partial charge in [0.25, 0.3) is 0 Å². The van der Waals surface area contributed by atoms with Gasteiger partial charge in [-0.3, -0.25) is 9.59 Å². The van der Waals surface area contributed by atoms with E-state index in [0.29, 0.717) is 24.2 Å². The van der Waals surface area contributed by atoms with Crippen LogP contribution >= 0.6 is 0 Å². The lowest BCUT2D eigenvalue weighted by atomic mass is 9.67. The quantitative estimate of drug-likeness (QED) is 0.380. The summed E-state index contributed by atoms with van der Waals surface area (Å²) in [6, 6.07) is 0. The Hall–Kier alpha value is -1.92. The first-order valence-electron chi connectivity index (χ1n) is 12.1. The first kappa shape index (κ1) is 25.7. The molecule has 1 heterocycles. The zero-order valence-corrected chi connectivity index (χ0v) is 21.1. The molecule has 1 aliphatic heterocycles. The van der Waals surface area contributed by atoms with E-state index in [1.165, 1.54) is 0 Å². The Morgan fingerprint density at radius 2 is 1.94 bits per heavy atom. The third kappa shape index (κ3) is 4.21. The average molecular weight is 461 g/mol. The number of ketones is 2. The van der Waals surface area contributed by atoms with E-state index in [0.717, 1.165) is 12.0 Å². The molecule has 1 saturated heterocycles. The highest BCUT2D eigenvalue weighted by atomic mass is 16.5. The molecular weight excluding hydrogens is 420 g/mol. The lowest BCUT2D eigenvalue weighted by Crippen LogP contribution is -2.40. The van der Waals surface area contributed by atoms with Gasteiger partial charge in [-0.2, -0.15) is 0 Å². The second-order valence-corrected chi connectivity index (χ2v) is 11.5. The van der Waals surface area contributed by atoms with Crippen molar-refractivity contribution in [3.63, 3.8) is 0 Å². The standard InChI is InChI=1S/C27H40O6/c1-9-15(4)21(28)20-22(29)17(12-18-16(14(2)3)10-11-27(18,8)32)24-26(7,23(20)30)13-19(33-24)25(5,6)31/h15-16,18-19,29,31-32H,2,9-13H2,1,3-8H3. The molecule has 0 radical (unpaired) electrons. The van der Waals surface area contributed by atoms with Crippen LogP contribution in [0.4, 0.5) is 0 Å². The lowest BCUT2D eigenvalue weighted by Gasteiger charge is -2.35. The van der Waals surface area contributed by atoms with Gasteiger partial charge in [0.1, 0.15) is 23.2 Å². The van der Waals surface area contributed by atoms with Crippen molar-refractivity contribution in [1.82, 2.24) is 0 Å². The fourth-order valence-electron chi connectivity index (χ4n) is 5.70. The highest BCUT2D eigenvalue weighted by Crippen LogP contribution is 2.55. The number of aliphatic hydroxyl groups is 3. The van der Waals surface area contributed by atoms with Crippen LogP contribution in [0, 0.1) is 23.2 Å². The fourth-order valence-corrected chi connectivity index (χ4v) is 5.70. The predicted molar refractivity (Wildman–Crippen MR) is 126 cm³/mol. The van der Waals surface area contributed by atoms with Gasteiger partial charge in [-0.25, -0.2) is 0 Å². The van der Waals surface area contributed by atoms with Gasteiger partial charge in [-0.05, 0) is 72.1 Å². The number of Topliss-reactive ketones (excluding diaryl/α,β-unsaturated/α-hetero) is 2. The summed E-state index contributed by atoms with van der Waals surface area (Å²) in [6.45, 7) is 16.4. The van der Waals surface area contributed by atoms with E-state index < -0.39 is 34.4 Å². The molecule has 0 aromatic rings. The van der Waals surface area contributed by atoms with E-state index in [4.69, 9.17) is 4.74 Å². The summed E-state index contributed by atoms with van der Waals surface area (Å²) >= 11 is 0. The van der Waals surface area contributed by atoms with E-state index in [9.17, 15) is 24.9 Å². The smallest absolute Gasteiger partial charge is 0.183 e. The molecule has 3 aliphatic rings. The molecule has 6 heteroatoms. The van der Waals surface area contributed by atoms with Gasteiger partial charge < -0.3 is 20.1 Å². The summed E-state index contributed by atoms with van der Waals surface area (Å²) in [5.41, 5.74) is -2.17. The molecular formula is C27H40O6. The summed E-state index contributed by atoms with van der Waals surface area (Å²) in [6.07, 6.45) is 1.73. The number of aliphatic hydroxyl groups excluding tert-OH is 1. The molecule has 3 rings (SSSR count). The molecule has 0 amide bonds. The summed E-state index contributed by atoms with van der Waals surface area (Å²) in [5, 5.41) is 33.2. The number of fused-ring (bicyclic) bond motifs is 1. The number of hydrogen-bond donors (Lipinski definition) is 3. The van der Waals surface area contributed by atoms with Crippen LogP contribution in [0.3, 0.4) is 0 Å². The van der Waals surface area contributed by atoms with E-state index in [1.807, 2.05) is 13.8 Å². The van der Waals surface area contributed by atoms with Crippen molar-refractivity contribution in [3.05, 3.63) is 34.8 Å². The van der Waals surface area contributed by atoms with E-state index >= 15 is 0 Å². The SMILES string of the molecule is C=C(C)C1CCC(C)(O)C1CC1=C2OC(C(C)(C)O)CC2(C)C(=O)C(C(=O)C(C)CC)=C1O. The number of carbonyl (C=O) groups excluding carboxylic acids is 2. The van der Waals surface area contributed by atoms with E-state index in [1.54, 1.807) is 34.6 Å². The molecule has 0 aromatic carbocycles. The molecule has 1 saturated carbocycles. The Morgan fingerprint density at radius 1 is 1.33 bits per heavy atom. The second-order valence-electron chi connectivity index (χ2n) is 11.5. The maximum absolute atomic E-state index is 13.7. The van der Waals surface area contributed by atoms with Gasteiger partial charge in [0, 0.05) is 17.9 Å². The van der Waals surface area contributed by atoms with Crippen molar-refractivity contribution in [2.45, 2.75) is 97.9 Å². The Labute approximate surface area is 197 Å². The van der Waals surface area contributed by atoms with Crippen LogP contribution in [0.25, 0.3) is 0 Å². The largest absolute Gasteiger partial charge is 0.507 e. The van der Waals surface area contributed by atoms with Crippen molar-refractivity contribution in [2.75, 3.05) is 0 Å². The van der Waals surface area contributed by atoms with Crippen molar-refractivity contribution < 1.29 is 29.6 Å². The van der Waals surface area contributed by atoms with Crippen LogP contribution < -0.4 is 0 Å². The van der Waals surface area contributed by atoms with Gasteiger partial charge in [0.05, 0.1) is 16.6 Å². The Morgan fingerprint density at radius 3 is 2.45 bits per heavy atom. The molecule has 6 unspecified atom stereocenters. The van der Waals surface area contributed by atoms with Crippen LogP contribution in [0.2, 0.25) is 0 Å². The third-order valence-electron chi connectivity index (χ3n) is 8.28. The van der Waals surface area contributed by atoms with Crippen LogP contribution in [0.5, 0.6) is 0 Å². The number of hydrogen-bond acceptors (Lipinski definition) is 6. The first-order valence-corrected chi connectivity index (χ1v) is 12.1. The summed E-state index contributed by atoms with van der Waals surface area (Å²) in [5.74, 6) is -1.46. The molecule has 33 heavy (non-hydrogen) atoms. The number of allylic oxidation sites excluding steroid dienone is 4. The van der Waals surface area contributed by atoms with Gasteiger partial charge in [0.2, 0.25) is 0 Å². The highest BCUT2D eigenvalue weighted by molar-refractivity contribution is 6.24. The summed E-state index contributed by atoms with van der Waals surface area (Å²) < 4.78 is 6.17. The Kier molecular flexibility index (Phi) is 6.53. The highest BCUT2D eigenvalue weighted by Gasteiger charge is 2.58. The first-order chi connectivity index (χ1) is 15.1. The zero-order chi connectivity index (χ0) is 25.1. The Bertz CT molecular complexity index is 931. The molecule has 6 atom stereocenters. The molecule has 6 nitrogen and oxygen atoms in total. The van der Waals surface area contributed by atoms with Gasteiger partial charge in [-0.1, -0.05) is 26.0 Å². The summed E-state index contributed by atoms with van der Waals surface area (Å²) in [4.78, 5) is 26.9. The monoisotopic (exact) mass is 460 g/mol. The Balaban J connectivity index is 2.19. The van der Waals surface area contributed by atoms with E-state index in [-0.39, 0.29) is 41.8 Å². The van der Waals surface area contributed by atoms with Gasteiger partial charge in [-0.15, -0.1) is 0 Å². The maximum atomic E-state index is 13.7. The minimum Gasteiger partial charge on any atom is -0.507 e. The second kappa shape index (κ2) is 8.38. The molecule has 2 fully saturated rings. The molecule has 0 bridgehead atoms. The zero-order valence-electron chi connectivity index (χ0n) is 21.1. The molecule has 3 N–H and O–H groups in total. The molecule has 0 aromatic heterocycles. The minimum atomic E-state index is -1.21. The van der Waals surface area contributed by atoms with E-state index in [2.05, 4.69) is 6.58 Å². The average Bonchev–Trinajstić information content (AvgIpc) is 3.22. The van der Waals surface area contributed by atoms with Crippen LogP contribution in [0.1, 0.15) is 80.6 Å². The minimum absolute atomic E-state index is 0.0463. The normalized spacial score (nSPS) is 35.5. The topological polar surface area (TPSA) is 104 Å². The number of ether oxygens (including phenoxy) is 1. The fraction of sp³-hybridized carbons (Fsp3) is 0.704. The van der Waals surface area contributed by atoms with Crippen LogP contribution in [-0.2, 0) is 14.3 Å². The number of carbonyl (C=O) groups is 2. The predicted octanol–water partition coefficient (Wildman–Crippen LogP) is 4.56. The van der Waals surface area contributed by atoms with Crippen LogP contribution in [-0.4, -0.2) is 44.2 Å². The lowest BCUT2D eigenvalue weighted by molar-refractivity contribution is -0.128. The molecule has 184 valence electrons. The van der Waals surface area contributed by atoms with Crippen molar-refractivity contribution in [2.24, 2.45) is 23.2 Å². The van der Waals surface area contributed by atoms with Gasteiger partial charge >= 0.3 is 0 Å². The molecule has 0 spiro atoms. The third-order valence-corrected chi connectivity index (χ3v) is 8.28. The van der Waals surface area contributed by atoms with Gasteiger partial charge in [0.15, 0.2) is 11.6 Å². The van der Waals surface area contributed by atoms with Crippen molar-refractivity contribution in [1.29, 1.82) is 0 Å². The number of rotatable bonds is 7.